The second-order valence-corrected chi connectivity index (χ2v) is 7.36. The zero-order chi connectivity index (χ0) is 15.0. The molecule has 1 spiro atoms. The number of hydrogen-bond acceptors (Lipinski definition) is 3. The molecule has 118 valence electrons. The Morgan fingerprint density at radius 2 is 2.05 bits per heavy atom. The van der Waals surface area contributed by atoms with Crippen molar-refractivity contribution in [3.8, 4) is 0 Å². The van der Waals surface area contributed by atoms with E-state index in [0.29, 0.717) is 0 Å². The van der Waals surface area contributed by atoms with E-state index in [2.05, 4.69) is 45.9 Å². The van der Waals surface area contributed by atoms with Gasteiger partial charge in [0.15, 0.2) is 0 Å². The minimum Gasteiger partial charge on any atom is -0.356 e. The molecule has 4 nitrogen and oxygen atoms in total. The van der Waals surface area contributed by atoms with Crippen LogP contribution in [0.4, 0.5) is 0 Å². The Morgan fingerprint density at radius 3 is 2.68 bits per heavy atom. The number of rotatable bonds is 5. The van der Waals surface area contributed by atoms with Crippen molar-refractivity contribution in [3.05, 3.63) is 35.9 Å². The van der Waals surface area contributed by atoms with E-state index < -0.39 is 0 Å². The fraction of sp³-hybridized carbons (Fsp3) is 0.611. The predicted molar refractivity (Wildman–Crippen MR) is 86.2 cm³/mol. The van der Waals surface area contributed by atoms with Crippen LogP contribution in [0.25, 0.3) is 0 Å². The van der Waals surface area contributed by atoms with E-state index in [1.807, 2.05) is 0 Å². The first kappa shape index (κ1) is 14.2. The molecule has 2 aliphatic heterocycles. The third-order valence-electron chi connectivity index (χ3n) is 5.50. The van der Waals surface area contributed by atoms with Gasteiger partial charge in [-0.25, -0.2) is 0 Å². The van der Waals surface area contributed by atoms with Crippen LogP contribution in [0.15, 0.2) is 30.3 Å². The average Bonchev–Trinajstić information content (AvgIpc) is 3.24. The Kier molecular flexibility index (Phi) is 3.66. The third kappa shape index (κ3) is 2.77. The van der Waals surface area contributed by atoms with Crippen molar-refractivity contribution >= 4 is 5.91 Å². The Hall–Kier alpha value is -1.39. The average molecular weight is 299 g/mol. The maximum absolute atomic E-state index is 12.6. The Bertz CT molecular complexity index is 537. The van der Waals surface area contributed by atoms with Crippen LogP contribution < -0.4 is 10.6 Å². The highest BCUT2D eigenvalue weighted by atomic mass is 16.2. The molecule has 4 heteroatoms. The first-order valence-corrected chi connectivity index (χ1v) is 8.50. The van der Waals surface area contributed by atoms with Gasteiger partial charge in [0.1, 0.15) is 0 Å². The molecular formula is C18H25N3O. The van der Waals surface area contributed by atoms with Crippen molar-refractivity contribution in [1.82, 2.24) is 15.5 Å². The van der Waals surface area contributed by atoms with Crippen LogP contribution in [-0.4, -0.2) is 43.5 Å². The lowest BCUT2D eigenvalue weighted by molar-refractivity contribution is -0.128. The quantitative estimate of drug-likeness (QED) is 0.860. The Labute approximate surface area is 132 Å². The van der Waals surface area contributed by atoms with E-state index in [4.69, 9.17) is 0 Å². The van der Waals surface area contributed by atoms with Gasteiger partial charge in [-0.3, -0.25) is 9.69 Å². The van der Waals surface area contributed by atoms with Crippen molar-refractivity contribution in [1.29, 1.82) is 0 Å². The van der Waals surface area contributed by atoms with Crippen molar-refractivity contribution in [3.63, 3.8) is 0 Å². The van der Waals surface area contributed by atoms with E-state index in [-0.39, 0.29) is 17.2 Å². The summed E-state index contributed by atoms with van der Waals surface area (Å²) in [5.41, 5.74) is 1.51. The molecule has 3 aliphatic rings. The van der Waals surface area contributed by atoms with E-state index >= 15 is 0 Å². The summed E-state index contributed by atoms with van der Waals surface area (Å²) in [7, 11) is 0. The molecule has 1 unspecified atom stereocenters. The van der Waals surface area contributed by atoms with Gasteiger partial charge in [-0.2, -0.15) is 0 Å². The lowest BCUT2D eigenvalue weighted by atomic mass is 9.72. The van der Waals surface area contributed by atoms with E-state index in [9.17, 15) is 4.79 Å². The largest absolute Gasteiger partial charge is 0.356 e. The van der Waals surface area contributed by atoms with Gasteiger partial charge < -0.3 is 10.6 Å². The highest BCUT2D eigenvalue weighted by Crippen LogP contribution is 2.40. The maximum atomic E-state index is 12.6. The summed E-state index contributed by atoms with van der Waals surface area (Å²) < 4.78 is 0. The molecule has 1 aromatic rings. The van der Waals surface area contributed by atoms with E-state index in [0.717, 1.165) is 45.2 Å². The van der Waals surface area contributed by atoms with Crippen LogP contribution in [0.2, 0.25) is 0 Å². The zero-order valence-corrected chi connectivity index (χ0v) is 13.1. The second-order valence-electron chi connectivity index (χ2n) is 7.36. The predicted octanol–water partition coefficient (Wildman–Crippen LogP) is 1.23. The number of carbonyl (C=O) groups excluding carboxylic acids is 1. The van der Waals surface area contributed by atoms with E-state index in [1.54, 1.807) is 0 Å². The van der Waals surface area contributed by atoms with Crippen LogP contribution >= 0.6 is 0 Å². The number of hydrogen-bond donors (Lipinski definition) is 2. The monoisotopic (exact) mass is 299 g/mol. The van der Waals surface area contributed by atoms with Gasteiger partial charge in [0.05, 0.1) is 5.92 Å². The van der Waals surface area contributed by atoms with Gasteiger partial charge >= 0.3 is 0 Å². The fourth-order valence-electron chi connectivity index (χ4n) is 3.89. The molecule has 1 amide bonds. The topological polar surface area (TPSA) is 44.4 Å². The van der Waals surface area contributed by atoms with Crippen LogP contribution in [0, 0.1) is 17.3 Å². The van der Waals surface area contributed by atoms with Gasteiger partial charge in [0, 0.05) is 44.7 Å². The molecule has 1 atom stereocenters. The first-order valence-electron chi connectivity index (χ1n) is 8.50. The minimum absolute atomic E-state index is 0.149. The lowest BCUT2D eigenvalue weighted by Gasteiger charge is -2.43. The van der Waals surface area contributed by atoms with Gasteiger partial charge in [0.25, 0.3) is 0 Å². The lowest BCUT2D eigenvalue weighted by Crippen LogP contribution is -2.60. The number of nitrogens with zero attached hydrogens (tertiary/aromatic N) is 1. The van der Waals surface area contributed by atoms with Gasteiger partial charge in [-0.1, -0.05) is 30.3 Å². The second kappa shape index (κ2) is 5.67. The molecule has 2 N–H and O–H groups in total. The molecule has 1 aliphatic carbocycles. The molecular weight excluding hydrogens is 274 g/mol. The number of carbonyl (C=O) groups is 1. The third-order valence-corrected chi connectivity index (χ3v) is 5.50. The molecule has 4 rings (SSSR count). The summed E-state index contributed by atoms with van der Waals surface area (Å²) in [5.74, 6) is 1.18. The van der Waals surface area contributed by atoms with Gasteiger partial charge in [-0.05, 0) is 24.3 Å². The zero-order valence-electron chi connectivity index (χ0n) is 13.1. The van der Waals surface area contributed by atoms with Crippen molar-refractivity contribution in [2.75, 3.05) is 32.7 Å². The SMILES string of the molecule is O=C(NCC1CC1)C1CN(Cc2ccccc2)CC12CNC2. The molecule has 22 heavy (non-hydrogen) atoms. The standard InChI is InChI=1S/C18H25N3O/c22-17(20-8-14-6-7-14)16-10-21(13-18(16)11-19-12-18)9-15-4-2-1-3-5-15/h1-5,14,16,19H,6-13H2,(H,20,22). The molecule has 2 saturated heterocycles. The highest BCUT2D eigenvalue weighted by molar-refractivity contribution is 5.80. The smallest absolute Gasteiger partial charge is 0.225 e. The van der Waals surface area contributed by atoms with Gasteiger partial charge in [0.2, 0.25) is 5.91 Å². The summed E-state index contributed by atoms with van der Waals surface area (Å²) in [6, 6.07) is 10.6. The van der Waals surface area contributed by atoms with Gasteiger partial charge in [-0.15, -0.1) is 0 Å². The summed E-state index contributed by atoms with van der Waals surface area (Å²) in [5, 5.41) is 6.58. The molecule has 1 saturated carbocycles. The van der Waals surface area contributed by atoms with E-state index in [1.165, 1.54) is 18.4 Å². The molecule has 1 aromatic carbocycles. The van der Waals surface area contributed by atoms with Crippen molar-refractivity contribution in [2.24, 2.45) is 17.3 Å². The van der Waals surface area contributed by atoms with Crippen LogP contribution in [-0.2, 0) is 11.3 Å². The molecule has 2 heterocycles. The van der Waals surface area contributed by atoms with Crippen molar-refractivity contribution < 1.29 is 4.79 Å². The first-order chi connectivity index (χ1) is 10.8. The summed E-state index contributed by atoms with van der Waals surface area (Å²) >= 11 is 0. The molecule has 0 aromatic heterocycles. The number of benzene rings is 1. The Morgan fingerprint density at radius 1 is 1.27 bits per heavy atom. The molecule has 3 fully saturated rings. The van der Waals surface area contributed by atoms with Crippen LogP contribution in [0.1, 0.15) is 18.4 Å². The fourth-order valence-corrected chi connectivity index (χ4v) is 3.89. The summed E-state index contributed by atoms with van der Waals surface area (Å²) in [6.45, 7) is 5.75. The normalized spacial score (nSPS) is 26.8. The molecule has 0 radical (unpaired) electrons. The number of nitrogens with one attached hydrogen (secondary N) is 2. The Balaban J connectivity index is 1.40. The summed E-state index contributed by atoms with van der Waals surface area (Å²) in [4.78, 5) is 15.1. The van der Waals surface area contributed by atoms with Crippen LogP contribution in [0.5, 0.6) is 0 Å². The highest BCUT2D eigenvalue weighted by Gasteiger charge is 2.53. The summed E-state index contributed by atoms with van der Waals surface area (Å²) in [6.07, 6.45) is 2.58. The van der Waals surface area contributed by atoms with Crippen LogP contribution in [0.3, 0.4) is 0 Å². The molecule has 0 bridgehead atoms. The number of likely N-dealkylation sites (tertiary alicyclic amines) is 1. The number of amides is 1. The minimum atomic E-state index is 0.149. The van der Waals surface area contributed by atoms with Crippen molar-refractivity contribution in [2.45, 2.75) is 19.4 Å². The maximum Gasteiger partial charge on any atom is 0.225 e.